The van der Waals surface area contributed by atoms with E-state index in [2.05, 4.69) is 0 Å². The molecule has 0 bridgehead atoms. The smallest absolute Gasteiger partial charge is 0.378 e. The molecule has 2 fully saturated rings. The molecule has 0 saturated heterocycles. The summed E-state index contributed by atoms with van der Waals surface area (Å²) in [6, 6.07) is 7.06. The minimum Gasteiger partial charge on any atom is -0.378 e. The summed E-state index contributed by atoms with van der Waals surface area (Å²) >= 11 is 0. The van der Waals surface area contributed by atoms with E-state index in [0.29, 0.717) is 17.8 Å². The van der Waals surface area contributed by atoms with Crippen molar-refractivity contribution in [2.24, 2.45) is 11.8 Å². The second-order valence-corrected chi connectivity index (χ2v) is 8.72. The molecule has 1 aromatic rings. The number of allylic oxidation sites excluding steroid dienone is 4. The van der Waals surface area contributed by atoms with Crippen molar-refractivity contribution in [2.45, 2.75) is 69.6 Å². The summed E-state index contributed by atoms with van der Waals surface area (Å²) < 4.78 is 57.1. The molecule has 0 heterocycles. The van der Waals surface area contributed by atoms with Gasteiger partial charge in [-0.3, -0.25) is 0 Å². The third-order valence-corrected chi connectivity index (χ3v) is 6.58. The fraction of sp³-hybridized carbons (Fsp3) is 0.560. The molecule has 1 aromatic carbocycles. The number of hydrogen-bond donors (Lipinski definition) is 0. The number of ether oxygens (including phenoxy) is 1. The molecule has 2 nitrogen and oxygen atoms in total. The Bertz CT molecular complexity index is 790. The van der Waals surface area contributed by atoms with Gasteiger partial charge in [-0.15, -0.1) is 0 Å². The van der Waals surface area contributed by atoms with Gasteiger partial charge in [-0.1, -0.05) is 24.3 Å². The molecule has 31 heavy (non-hydrogen) atoms. The minimum absolute atomic E-state index is 0.238. The van der Waals surface area contributed by atoms with Crippen LogP contribution in [-0.4, -0.2) is 12.7 Å². The Balaban J connectivity index is 1.35. The number of halogens is 4. The van der Waals surface area contributed by atoms with Gasteiger partial charge in [-0.05, 0) is 92.9 Å². The van der Waals surface area contributed by atoms with E-state index in [1.807, 2.05) is 6.08 Å². The Labute approximate surface area is 181 Å². The SMILES string of the molecule is N#C/C(F)=C/C=C/C1CCC(COC2CCC(c3ccc(C(F)(F)F)cc3)CC2)CC1. The lowest BCUT2D eigenvalue weighted by molar-refractivity contribution is -0.137. The molecule has 2 aliphatic rings. The molecular formula is C25H29F4NO. The van der Waals surface area contributed by atoms with Gasteiger partial charge >= 0.3 is 6.18 Å². The molecule has 0 aliphatic heterocycles. The highest BCUT2D eigenvalue weighted by Crippen LogP contribution is 2.37. The van der Waals surface area contributed by atoms with Gasteiger partial charge in [0.25, 0.3) is 0 Å². The largest absolute Gasteiger partial charge is 0.416 e. The van der Waals surface area contributed by atoms with Gasteiger partial charge < -0.3 is 4.74 Å². The zero-order chi connectivity index (χ0) is 22.3. The Morgan fingerprint density at radius 3 is 2.23 bits per heavy atom. The van der Waals surface area contributed by atoms with Crippen molar-refractivity contribution < 1.29 is 22.3 Å². The predicted molar refractivity (Wildman–Crippen MR) is 112 cm³/mol. The third-order valence-electron chi connectivity index (χ3n) is 6.58. The van der Waals surface area contributed by atoms with Crippen LogP contribution < -0.4 is 0 Å². The average molecular weight is 436 g/mol. The minimum atomic E-state index is -4.29. The van der Waals surface area contributed by atoms with Gasteiger partial charge in [0, 0.05) is 6.61 Å². The summed E-state index contributed by atoms with van der Waals surface area (Å²) in [5.41, 5.74) is 0.395. The maximum atomic E-state index is 12.8. The monoisotopic (exact) mass is 435 g/mol. The number of nitriles is 1. The van der Waals surface area contributed by atoms with Crippen LogP contribution >= 0.6 is 0 Å². The molecule has 0 radical (unpaired) electrons. The first-order valence-corrected chi connectivity index (χ1v) is 11.1. The van der Waals surface area contributed by atoms with Crippen LogP contribution in [0.5, 0.6) is 0 Å². The van der Waals surface area contributed by atoms with Gasteiger partial charge in [0.05, 0.1) is 11.7 Å². The van der Waals surface area contributed by atoms with Crippen molar-refractivity contribution in [3.8, 4) is 6.07 Å². The van der Waals surface area contributed by atoms with E-state index in [4.69, 9.17) is 10.00 Å². The highest BCUT2D eigenvalue weighted by molar-refractivity contribution is 5.27. The Morgan fingerprint density at radius 2 is 1.65 bits per heavy atom. The van der Waals surface area contributed by atoms with E-state index in [0.717, 1.165) is 63.5 Å². The molecule has 0 spiro atoms. The number of rotatable bonds is 6. The summed E-state index contributed by atoms with van der Waals surface area (Å²) in [6.07, 6.45) is 8.82. The van der Waals surface area contributed by atoms with Crippen molar-refractivity contribution in [1.82, 2.24) is 0 Å². The first-order chi connectivity index (χ1) is 14.8. The molecule has 6 heteroatoms. The quantitative estimate of drug-likeness (QED) is 0.263. The zero-order valence-electron chi connectivity index (χ0n) is 17.6. The summed E-state index contributed by atoms with van der Waals surface area (Å²) in [7, 11) is 0. The second-order valence-electron chi connectivity index (χ2n) is 8.72. The van der Waals surface area contributed by atoms with Crippen LogP contribution in [0.4, 0.5) is 17.6 Å². The Hall–Kier alpha value is -2.13. The van der Waals surface area contributed by atoms with Crippen LogP contribution in [0.2, 0.25) is 0 Å². The second kappa shape index (κ2) is 10.9. The molecule has 0 aromatic heterocycles. The van der Waals surface area contributed by atoms with Crippen LogP contribution in [-0.2, 0) is 10.9 Å². The Morgan fingerprint density at radius 1 is 1.00 bits per heavy atom. The van der Waals surface area contributed by atoms with Gasteiger partial charge in [-0.2, -0.15) is 22.8 Å². The molecule has 0 amide bonds. The normalized spacial score (nSPS) is 27.9. The molecule has 2 saturated carbocycles. The fourth-order valence-corrected chi connectivity index (χ4v) is 4.66. The van der Waals surface area contributed by atoms with Crippen LogP contribution in [0.1, 0.15) is 68.4 Å². The first-order valence-electron chi connectivity index (χ1n) is 11.1. The summed E-state index contributed by atoms with van der Waals surface area (Å²) in [4.78, 5) is 0. The number of alkyl halides is 3. The lowest BCUT2D eigenvalue weighted by Gasteiger charge is -2.32. The van der Waals surface area contributed by atoms with E-state index in [1.165, 1.54) is 24.3 Å². The van der Waals surface area contributed by atoms with E-state index in [9.17, 15) is 17.6 Å². The average Bonchev–Trinajstić information content (AvgIpc) is 2.78. The number of hydrogen-bond acceptors (Lipinski definition) is 2. The van der Waals surface area contributed by atoms with Crippen molar-refractivity contribution >= 4 is 0 Å². The molecule has 168 valence electrons. The molecular weight excluding hydrogens is 406 g/mol. The van der Waals surface area contributed by atoms with Gasteiger partial charge in [-0.25, -0.2) is 0 Å². The van der Waals surface area contributed by atoms with Crippen molar-refractivity contribution in [3.63, 3.8) is 0 Å². The highest BCUT2D eigenvalue weighted by Gasteiger charge is 2.31. The predicted octanol–water partition coefficient (Wildman–Crippen LogP) is 7.49. The summed E-state index contributed by atoms with van der Waals surface area (Å²) in [5, 5.41) is 8.40. The van der Waals surface area contributed by atoms with Gasteiger partial charge in [0.2, 0.25) is 0 Å². The van der Waals surface area contributed by atoms with Gasteiger partial charge in [0.1, 0.15) is 6.07 Å². The maximum absolute atomic E-state index is 12.8. The summed E-state index contributed by atoms with van der Waals surface area (Å²) in [6.45, 7) is 0.759. The standard InChI is InChI=1S/C25H29F4NO/c26-23(16-30)3-1-2-18-4-6-19(7-5-18)17-31-24-14-10-21(11-15-24)20-8-12-22(13-9-20)25(27,28)29/h1-3,8-9,12-13,18-19,21,24H,4-7,10-11,14-15,17H2/b2-1+,23-3-. The lowest BCUT2D eigenvalue weighted by Crippen LogP contribution is -2.25. The highest BCUT2D eigenvalue weighted by atomic mass is 19.4. The molecule has 3 rings (SSSR count). The number of benzene rings is 1. The topological polar surface area (TPSA) is 33.0 Å². The molecule has 0 atom stereocenters. The third kappa shape index (κ3) is 7.21. The zero-order valence-corrected chi connectivity index (χ0v) is 17.6. The van der Waals surface area contributed by atoms with Crippen LogP contribution in [0.15, 0.2) is 48.3 Å². The molecule has 2 aliphatic carbocycles. The van der Waals surface area contributed by atoms with Crippen LogP contribution in [0.3, 0.4) is 0 Å². The van der Waals surface area contributed by atoms with Crippen LogP contribution in [0, 0.1) is 23.2 Å². The molecule has 0 unspecified atom stereocenters. The van der Waals surface area contributed by atoms with Gasteiger partial charge in [0.15, 0.2) is 5.83 Å². The fourth-order valence-electron chi connectivity index (χ4n) is 4.66. The maximum Gasteiger partial charge on any atom is 0.416 e. The van der Waals surface area contributed by atoms with E-state index < -0.39 is 17.6 Å². The van der Waals surface area contributed by atoms with Crippen LogP contribution in [0.25, 0.3) is 0 Å². The Kier molecular flexibility index (Phi) is 8.31. The molecule has 0 N–H and O–H groups in total. The number of nitrogens with zero attached hydrogens (tertiary/aromatic N) is 1. The van der Waals surface area contributed by atoms with E-state index in [1.54, 1.807) is 18.2 Å². The van der Waals surface area contributed by atoms with E-state index >= 15 is 0 Å². The first kappa shape index (κ1) is 23.5. The van der Waals surface area contributed by atoms with Crippen molar-refractivity contribution in [1.29, 1.82) is 5.26 Å². The van der Waals surface area contributed by atoms with Crippen molar-refractivity contribution in [2.75, 3.05) is 6.61 Å². The van der Waals surface area contributed by atoms with Crippen molar-refractivity contribution in [3.05, 3.63) is 59.4 Å². The summed E-state index contributed by atoms with van der Waals surface area (Å²) in [5.74, 6) is 0.512. The lowest BCUT2D eigenvalue weighted by atomic mass is 9.81. The van der Waals surface area contributed by atoms with E-state index in [-0.39, 0.29) is 6.10 Å².